The first-order chi connectivity index (χ1) is 14.9. The van der Waals surface area contributed by atoms with Crippen molar-refractivity contribution < 1.29 is 26.3 Å². The van der Waals surface area contributed by atoms with E-state index in [0.717, 1.165) is 38.5 Å². The Labute approximate surface area is 189 Å². The predicted molar refractivity (Wildman–Crippen MR) is 116 cm³/mol. The molecule has 0 amide bonds. The van der Waals surface area contributed by atoms with Crippen LogP contribution in [0.2, 0.25) is 0 Å². The number of alkyl halides is 6. The highest BCUT2D eigenvalue weighted by atomic mass is 32.1. The van der Waals surface area contributed by atoms with Crippen LogP contribution in [0.1, 0.15) is 63.5 Å². The van der Waals surface area contributed by atoms with E-state index >= 15 is 0 Å². The van der Waals surface area contributed by atoms with Crippen molar-refractivity contribution >= 4 is 23.0 Å². The lowest BCUT2D eigenvalue weighted by Crippen LogP contribution is -2.50. The van der Waals surface area contributed by atoms with E-state index in [2.05, 4.69) is 29.4 Å². The fourth-order valence-corrected chi connectivity index (χ4v) is 5.31. The Morgan fingerprint density at radius 1 is 0.906 bits per heavy atom. The second-order valence-electron chi connectivity index (χ2n) is 8.96. The first-order valence-corrected chi connectivity index (χ1v) is 11.4. The van der Waals surface area contributed by atoms with Crippen LogP contribution in [0.4, 0.5) is 32.0 Å². The summed E-state index contributed by atoms with van der Waals surface area (Å²) in [5.74, 6) is 0.318. The monoisotopic (exact) mass is 481 g/mol. The largest absolute Gasteiger partial charge is 0.416 e. The Morgan fingerprint density at radius 2 is 1.44 bits per heavy atom. The minimum absolute atomic E-state index is 0.0179. The summed E-state index contributed by atoms with van der Waals surface area (Å²) in [5.41, 5.74) is -3.09. The summed E-state index contributed by atoms with van der Waals surface area (Å²) < 4.78 is 78.4. The zero-order valence-corrected chi connectivity index (χ0v) is 18.9. The lowest BCUT2D eigenvalue weighted by atomic mass is 9.82. The molecule has 180 valence electrons. The first kappa shape index (κ1) is 25.1. The van der Waals surface area contributed by atoms with Gasteiger partial charge >= 0.3 is 12.4 Å². The molecule has 4 atom stereocenters. The molecule has 2 N–H and O–H groups in total. The van der Waals surface area contributed by atoms with E-state index in [4.69, 9.17) is 12.2 Å². The normalized spacial score (nSPS) is 27.4. The molecular weight excluding hydrogens is 452 g/mol. The summed E-state index contributed by atoms with van der Waals surface area (Å²) in [6.45, 7) is 5.00. The summed E-state index contributed by atoms with van der Waals surface area (Å²) >= 11 is 5.20. The van der Waals surface area contributed by atoms with Crippen LogP contribution < -0.4 is 10.6 Å². The number of hydrogen-bond donors (Lipinski definition) is 2. The molecule has 1 aliphatic heterocycles. The smallest absolute Gasteiger partial charge is 0.362 e. The van der Waals surface area contributed by atoms with Gasteiger partial charge in [-0.1, -0.05) is 12.8 Å². The number of hydrogen-bond acceptors (Lipinski definition) is 2. The van der Waals surface area contributed by atoms with Crippen LogP contribution in [0.3, 0.4) is 0 Å². The maximum atomic E-state index is 13.1. The fraction of sp³-hybridized carbons (Fsp3) is 0.682. The second kappa shape index (κ2) is 9.75. The summed E-state index contributed by atoms with van der Waals surface area (Å²) in [4.78, 5) is 2.57. The third-order valence-electron chi connectivity index (χ3n) is 6.64. The SMILES string of the molecule is CC1CCC(C)N1[C@@H]1CCCC[C@H]1CNC(=S)Nc1cc(C(F)(F)F)cc(C(F)(F)F)c1. The van der Waals surface area contributed by atoms with Crippen LogP contribution in [0.15, 0.2) is 18.2 Å². The van der Waals surface area contributed by atoms with Crippen LogP contribution in [0.5, 0.6) is 0 Å². The number of anilines is 1. The minimum atomic E-state index is -4.90. The topological polar surface area (TPSA) is 27.3 Å². The molecule has 3 nitrogen and oxygen atoms in total. The molecule has 1 aromatic rings. The van der Waals surface area contributed by atoms with Gasteiger partial charge in [0.1, 0.15) is 0 Å². The Bertz CT molecular complexity index is 768. The van der Waals surface area contributed by atoms with Crippen molar-refractivity contribution in [2.24, 2.45) is 5.92 Å². The van der Waals surface area contributed by atoms with Gasteiger partial charge in [0.25, 0.3) is 0 Å². The number of halogens is 6. The number of nitrogens with zero attached hydrogens (tertiary/aromatic N) is 1. The number of likely N-dealkylation sites (tertiary alicyclic amines) is 1. The van der Waals surface area contributed by atoms with Crippen LogP contribution >= 0.6 is 12.2 Å². The molecule has 1 heterocycles. The Balaban J connectivity index is 1.67. The lowest BCUT2D eigenvalue weighted by Gasteiger charge is -2.42. The molecule has 2 aliphatic rings. The van der Waals surface area contributed by atoms with E-state index in [0.29, 0.717) is 42.7 Å². The van der Waals surface area contributed by atoms with Crippen molar-refractivity contribution in [3.63, 3.8) is 0 Å². The maximum Gasteiger partial charge on any atom is 0.416 e. The Kier molecular flexibility index (Phi) is 7.64. The highest BCUT2D eigenvalue weighted by Crippen LogP contribution is 2.38. The van der Waals surface area contributed by atoms with E-state index in [1.807, 2.05) is 0 Å². The van der Waals surface area contributed by atoms with Gasteiger partial charge in [-0.2, -0.15) is 26.3 Å². The van der Waals surface area contributed by atoms with Gasteiger partial charge in [-0.3, -0.25) is 4.90 Å². The van der Waals surface area contributed by atoms with Crippen LogP contribution in [-0.2, 0) is 12.4 Å². The number of rotatable bonds is 4. The quantitative estimate of drug-likeness (QED) is 0.382. The van der Waals surface area contributed by atoms with Crippen molar-refractivity contribution in [1.82, 2.24) is 10.2 Å². The third kappa shape index (κ3) is 6.07. The van der Waals surface area contributed by atoms with Crippen LogP contribution in [0, 0.1) is 5.92 Å². The minimum Gasteiger partial charge on any atom is -0.362 e. The molecule has 10 heteroatoms. The molecule has 0 bridgehead atoms. The molecule has 2 unspecified atom stereocenters. The van der Waals surface area contributed by atoms with E-state index in [1.54, 1.807) is 0 Å². The number of benzene rings is 1. The average Bonchev–Trinajstić information content (AvgIpc) is 3.03. The first-order valence-electron chi connectivity index (χ1n) is 11.0. The molecule has 0 spiro atoms. The van der Waals surface area contributed by atoms with E-state index in [1.165, 1.54) is 0 Å². The standard InChI is InChI=1S/C22H29F6N3S/c1-13-7-8-14(2)31(13)19-6-4-3-5-15(19)12-29-20(32)30-18-10-16(21(23,24)25)9-17(11-18)22(26,27)28/h9-11,13-15,19H,3-8,12H2,1-2H3,(H2,29,30,32)/t13?,14?,15-,19+/m0/s1. The predicted octanol–water partition coefficient (Wildman–Crippen LogP) is 6.44. The summed E-state index contributed by atoms with van der Waals surface area (Å²) in [6.07, 6.45) is -3.12. The van der Waals surface area contributed by atoms with E-state index in [-0.39, 0.29) is 16.9 Å². The van der Waals surface area contributed by atoms with Gasteiger partial charge in [0.2, 0.25) is 0 Å². The molecule has 1 saturated carbocycles. The van der Waals surface area contributed by atoms with Gasteiger partial charge in [0.05, 0.1) is 11.1 Å². The molecule has 1 aliphatic carbocycles. The molecule has 0 radical (unpaired) electrons. The lowest BCUT2D eigenvalue weighted by molar-refractivity contribution is -0.143. The zero-order valence-electron chi connectivity index (χ0n) is 18.1. The molecule has 32 heavy (non-hydrogen) atoms. The summed E-state index contributed by atoms with van der Waals surface area (Å²) in [5, 5.41) is 5.56. The third-order valence-corrected chi connectivity index (χ3v) is 6.89. The average molecular weight is 482 g/mol. The highest BCUT2D eigenvalue weighted by molar-refractivity contribution is 7.80. The molecule has 2 fully saturated rings. The maximum absolute atomic E-state index is 13.1. The van der Waals surface area contributed by atoms with Crippen molar-refractivity contribution in [2.45, 2.75) is 82.9 Å². The summed E-state index contributed by atoms with van der Waals surface area (Å²) in [6, 6.07) is 2.79. The molecule has 1 aromatic carbocycles. The second-order valence-corrected chi connectivity index (χ2v) is 9.37. The van der Waals surface area contributed by atoms with Crippen molar-refractivity contribution in [1.29, 1.82) is 0 Å². The van der Waals surface area contributed by atoms with Gasteiger partial charge in [-0.25, -0.2) is 0 Å². The van der Waals surface area contributed by atoms with Gasteiger partial charge in [-0.05, 0) is 75.9 Å². The molecule has 0 aromatic heterocycles. The highest BCUT2D eigenvalue weighted by Gasteiger charge is 2.39. The van der Waals surface area contributed by atoms with Crippen molar-refractivity contribution in [2.75, 3.05) is 11.9 Å². The Hall–Kier alpha value is -1.55. The summed E-state index contributed by atoms with van der Waals surface area (Å²) in [7, 11) is 0. The van der Waals surface area contributed by atoms with E-state index in [9.17, 15) is 26.3 Å². The molecule has 1 saturated heterocycles. The molecular formula is C22H29F6N3S. The van der Waals surface area contributed by atoms with Gasteiger partial charge < -0.3 is 10.6 Å². The number of nitrogens with one attached hydrogen (secondary N) is 2. The van der Waals surface area contributed by atoms with Gasteiger partial charge in [0, 0.05) is 30.4 Å². The van der Waals surface area contributed by atoms with E-state index < -0.39 is 23.5 Å². The fourth-order valence-electron chi connectivity index (χ4n) is 5.11. The zero-order chi connectivity index (χ0) is 23.7. The number of thiocarbonyl (C=S) groups is 1. The van der Waals surface area contributed by atoms with Crippen LogP contribution in [-0.4, -0.2) is 34.7 Å². The Morgan fingerprint density at radius 3 is 1.97 bits per heavy atom. The van der Waals surface area contributed by atoms with Crippen molar-refractivity contribution in [3.8, 4) is 0 Å². The van der Waals surface area contributed by atoms with Gasteiger partial charge in [0.15, 0.2) is 5.11 Å². The van der Waals surface area contributed by atoms with Crippen LogP contribution in [0.25, 0.3) is 0 Å². The van der Waals surface area contributed by atoms with Gasteiger partial charge in [-0.15, -0.1) is 0 Å². The van der Waals surface area contributed by atoms with Crippen molar-refractivity contribution in [3.05, 3.63) is 29.3 Å². The molecule has 3 rings (SSSR count).